The van der Waals surface area contributed by atoms with E-state index >= 15 is 0 Å². The van der Waals surface area contributed by atoms with Gasteiger partial charge in [-0.25, -0.2) is 0 Å². The fourth-order valence-corrected chi connectivity index (χ4v) is 10.1. The number of unbranched alkanes of at least 4 members (excludes halogenated alkanes) is 24. The summed E-state index contributed by atoms with van der Waals surface area (Å²) in [6.45, 7) is 1.68. The summed E-state index contributed by atoms with van der Waals surface area (Å²) >= 11 is 0. The van der Waals surface area contributed by atoms with E-state index in [-0.39, 0.29) is 18.9 Å². The Balaban J connectivity index is 1.52. The van der Waals surface area contributed by atoms with E-state index in [0.717, 1.165) is 57.8 Å². The van der Waals surface area contributed by atoms with Crippen molar-refractivity contribution in [1.82, 2.24) is 5.32 Å². The monoisotopic (exact) mass is 1120 g/mol. The van der Waals surface area contributed by atoms with Gasteiger partial charge in [0.1, 0.15) is 73.2 Å². The molecule has 3 aliphatic heterocycles. The number of carbonyl (C=O) groups excluding carboxylic acids is 1. The summed E-state index contributed by atoms with van der Waals surface area (Å²) in [7, 11) is 0. The lowest BCUT2D eigenvalue weighted by Gasteiger charge is -2.48. The summed E-state index contributed by atoms with van der Waals surface area (Å²) in [6, 6.07) is -0.992. The van der Waals surface area contributed by atoms with E-state index in [1.807, 2.05) is 6.08 Å². The van der Waals surface area contributed by atoms with Crippen LogP contribution in [0.25, 0.3) is 0 Å². The molecule has 0 bridgehead atoms. The number of allylic oxidation sites excluding steroid dienone is 5. The van der Waals surface area contributed by atoms with Gasteiger partial charge in [-0.15, -0.1) is 0 Å². The molecule has 78 heavy (non-hydrogen) atoms. The minimum atomic E-state index is -1.98. The van der Waals surface area contributed by atoms with Gasteiger partial charge in [-0.3, -0.25) is 4.79 Å². The van der Waals surface area contributed by atoms with Crippen LogP contribution in [0, 0.1) is 0 Å². The topological polar surface area (TPSA) is 307 Å². The number of rotatable bonds is 44. The molecule has 1 amide bonds. The molecule has 17 atom stereocenters. The van der Waals surface area contributed by atoms with Gasteiger partial charge in [0.15, 0.2) is 18.9 Å². The van der Waals surface area contributed by atoms with E-state index in [1.54, 1.807) is 6.08 Å². The van der Waals surface area contributed by atoms with Crippen LogP contribution < -0.4 is 5.32 Å². The molecule has 17 unspecified atom stereocenters. The second-order valence-corrected chi connectivity index (χ2v) is 21.8. The number of aliphatic hydroxyl groups is 11. The van der Waals surface area contributed by atoms with E-state index in [9.17, 15) is 61.0 Å². The van der Waals surface area contributed by atoms with E-state index < -0.39 is 124 Å². The van der Waals surface area contributed by atoms with Crippen molar-refractivity contribution in [2.75, 3.05) is 26.4 Å². The molecule has 12 N–H and O–H groups in total. The van der Waals surface area contributed by atoms with Crippen LogP contribution in [-0.4, -0.2) is 193 Å². The van der Waals surface area contributed by atoms with Crippen molar-refractivity contribution >= 4 is 5.91 Å². The molecule has 0 radical (unpaired) electrons. The average Bonchev–Trinajstić information content (AvgIpc) is 3.47. The van der Waals surface area contributed by atoms with Crippen molar-refractivity contribution in [2.45, 2.75) is 304 Å². The van der Waals surface area contributed by atoms with Crippen LogP contribution in [-0.2, 0) is 33.2 Å². The molecular weight excluding hydrogens is 1010 g/mol. The molecule has 0 aromatic rings. The molecular formula is C59H107NO18. The van der Waals surface area contributed by atoms with Crippen molar-refractivity contribution in [2.24, 2.45) is 0 Å². The van der Waals surface area contributed by atoms with Gasteiger partial charge >= 0.3 is 0 Å². The second kappa shape index (κ2) is 42.8. The standard InChI is InChI=1S/C59H107NO18/c1-3-5-7-9-11-13-15-17-19-20-21-23-24-26-28-30-32-34-36-43(64)42(60-47(65)37-35-33-31-29-27-25-22-18-16-14-12-10-8-6-4-2)41-73-57-53(71)50(68)55(45(39-62)75-57)78-59-54(72)51(69)56(46(40-63)76-59)77-58-52(70)49(67)48(66)44(38-61)74-58/h18,22,26,28,34,36,42-46,48-59,61-64,66-72H,3-17,19-21,23-25,27,29-33,35,37-41H2,1-2H3,(H,60,65)/b22-18-,28-26+,36-34+. The van der Waals surface area contributed by atoms with E-state index in [1.165, 1.54) is 109 Å². The second-order valence-electron chi connectivity index (χ2n) is 21.8. The summed E-state index contributed by atoms with van der Waals surface area (Å²) in [5.74, 6) is -0.295. The van der Waals surface area contributed by atoms with Gasteiger partial charge in [0.05, 0.1) is 38.6 Å². The van der Waals surface area contributed by atoms with Crippen LogP contribution >= 0.6 is 0 Å². The molecule has 19 heteroatoms. The Morgan fingerprint density at radius 3 is 1.28 bits per heavy atom. The minimum Gasteiger partial charge on any atom is -0.394 e. The Labute approximate surface area is 466 Å². The molecule has 0 aromatic carbocycles. The zero-order valence-electron chi connectivity index (χ0n) is 47.4. The summed E-state index contributed by atoms with van der Waals surface area (Å²) in [6.07, 6.45) is 18.4. The predicted octanol–water partition coefficient (Wildman–Crippen LogP) is 5.32. The smallest absolute Gasteiger partial charge is 0.220 e. The zero-order chi connectivity index (χ0) is 56.9. The molecule has 3 fully saturated rings. The van der Waals surface area contributed by atoms with Crippen LogP contribution in [0.4, 0.5) is 0 Å². The summed E-state index contributed by atoms with van der Waals surface area (Å²) in [5, 5.41) is 120. The fraction of sp³-hybridized carbons (Fsp3) is 0.881. The number of hydrogen-bond donors (Lipinski definition) is 12. The highest BCUT2D eigenvalue weighted by molar-refractivity contribution is 5.76. The fourth-order valence-electron chi connectivity index (χ4n) is 10.1. The van der Waals surface area contributed by atoms with Gasteiger partial charge in [0, 0.05) is 6.42 Å². The molecule has 3 rings (SSSR count). The number of amides is 1. The van der Waals surface area contributed by atoms with Gasteiger partial charge in [0.25, 0.3) is 0 Å². The minimum absolute atomic E-state index is 0.226. The van der Waals surface area contributed by atoms with Gasteiger partial charge in [0.2, 0.25) is 5.91 Å². The largest absolute Gasteiger partial charge is 0.394 e. The Hall–Kier alpha value is -1.99. The Kier molecular flexibility index (Phi) is 38.5. The third kappa shape index (κ3) is 26.5. The number of carbonyl (C=O) groups is 1. The number of aliphatic hydroxyl groups excluding tert-OH is 11. The van der Waals surface area contributed by atoms with Gasteiger partial charge in [-0.1, -0.05) is 172 Å². The van der Waals surface area contributed by atoms with Gasteiger partial charge < -0.3 is 89.9 Å². The highest BCUT2D eigenvalue weighted by Gasteiger charge is 2.53. The number of nitrogens with one attached hydrogen (secondary N) is 1. The SMILES string of the molecule is CCCCCCCC/C=C\CCCCCCCC(=O)NC(COC1OC(CO)C(OC2OC(CO)C(OC3OC(CO)C(O)C(O)C3O)C(O)C2O)C(O)C1O)C(O)/C=C/CC/C=C/CCCCCCCCCCCCCC. The first-order valence-electron chi connectivity index (χ1n) is 30.2. The molecule has 456 valence electrons. The molecule has 3 saturated heterocycles. The van der Waals surface area contributed by atoms with Crippen LogP contribution in [0.15, 0.2) is 36.5 Å². The number of hydrogen-bond acceptors (Lipinski definition) is 18. The molecule has 19 nitrogen and oxygen atoms in total. The van der Waals surface area contributed by atoms with Crippen molar-refractivity contribution in [3.8, 4) is 0 Å². The average molecular weight is 1120 g/mol. The van der Waals surface area contributed by atoms with Crippen LogP contribution in [0.2, 0.25) is 0 Å². The summed E-state index contributed by atoms with van der Waals surface area (Å²) in [5.41, 5.74) is 0. The Morgan fingerprint density at radius 1 is 0.449 bits per heavy atom. The third-order valence-corrected chi connectivity index (χ3v) is 15.2. The summed E-state index contributed by atoms with van der Waals surface area (Å²) in [4.78, 5) is 13.3. The maximum atomic E-state index is 13.3. The zero-order valence-corrected chi connectivity index (χ0v) is 47.4. The molecule has 3 heterocycles. The molecule has 0 aliphatic carbocycles. The van der Waals surface area contributed by atoms with Crippen molar-refractivity contribution in [3.05, 3.63) is 36.5 Å². The highest BCUT2D eigenvalue weighted by Crippen LogP contribution is 2.33. The van der Waals surface area contributed by atoms with E-state index in [0.29, 0.717) is 12.8 Å². The van der Waals surface area contributed by atoms with Crippen LogP contribution in [0.5, 0.6) is 0 Å². The first-order chi connectivity index (χ1) is 37.8. The maximum absolute atomic E-state index is 13.3. The van der Waals surface area contributed by atoms with Gasteiger partial charge in [-0.05, 0) is 57.8 Å². The van der Waals surface area contributed by atoms with E-state index in [4.69, 9.17) is 28.4 Å². The molecule has 3 aliphatic rings. The normalized spacial score (nSPS) is 30.7. The van der Waals surface area contributed by atoms with Crippen LogP contribution in [0.1, 0.15) is 200 Å². The van der Waals surface area contributed by atoms with Crippen molar-refractivity contribution in [1.29, 1.82) is 0 Å². The first-order valence-corrected chi connectivity index (χ1v) is 30.2. The molecule has 0 aromatic heterocycles. The lowest BCUT2D eigenvalue weighted by Crippen LogP contribution is -2.66. The number of ether oxygens (including phenoxy) is 6. The first kappa shape index (κ1) is 70.3. The molecule has 0 spiro atoms. The Morgan fingerprint density at radius 2 is 0.821 bits per heavy atom. The summed E-state index contributed by atoms with van der Waals surface area (Å²) < 4.78 is 34.2. The maximum Gasteiger partial charge on any atom is 0.220 e. The van der Waals surface area contributed by atoms with Gasteiger partial charge in [-0.2, -0.15) is 0 Å². The lowest BCUT2D eigenvalue weighted by atomic mass is 9.96. The van der Waals surface area contributed by atoms with Crippen LogP contribution in [0.3, 0.4) is 0 Å². The van der Waals surface area contributed by atoms with Crippen molar-refractivity contribution < 1.29 is 89.4 Å². The highest BCUT2D eigenvalue weighted by atomic mass is 16.8. The lowest BCUT2D eigenvalue weighted by molar-refractivity contribution is -0.379. The third-order valence-electron chi connectivity index (χ3n) is 15.2. The predicted molar refractivity (Wildman–Crippen MR) is 296 cm³/mol. The van der Waals surface area contributed by atoms with Crippen molar-refractivity contribution in [3.63, 3.8) is 0 Å². The quantitative estimate of drug-likeness (QED) is 0.0271. The Bertz CT molecular complexity index is 1570. The van der Waals surface area contributed by atoms with E-state index in [2.05, 4.69) is 43.5 Å². The molecule has 0 saturated carbocycles.